The molecule has 2 fully saturated rings. The van der Waals surface area contributed by atoms with Crippen LogP contribution in [-0.4, -0.2) is 14.5 Å². The van der Waals surface area contributed by atoms with Gasteiger partial charge in [0, 0.05) is 6.04 Å². The molecule has 2 aliphatic rings. The first-order valence-electron chi connectivity index (χ1n) is 8.54. The molecule has 2 bridgehead atoms. The van der Waals surface area contributed by atoms with Gasteiger partial charge in [0.1, 0.15) is 0 Å². The standard InChI is InChI=1S/C19H23NO2S/c1-13(19-11-14-6-7-17(19)10-14)20-23(21,22)18-9-8-15-4-2-3-5-16(15)12-18/h2-5,8-9,12-14,17,19-20H,6-7,10-11H2,1H3. The number of rotatable bonds is 4. The number of sulfonamides is 1. The average molecular weight is 329 g/mol. The third-order valence-corrected chi connectivity index (χ3v) is 7.36. The summed E-state index contributed by atoms with van der Waals surface area (Å²) in [6.07, 6.45) is 5.10. The topological polar surface area (TPSA) is 46.2 Å². The van der Waals surface area contributed by atoms with Gasteiger partial charge in [0.25, 0.3) is 0 Å². The van der Waals surface area contributed by atoms with Crippen molar-refractivity contribution < 1.29 is 8.42 Å². The van der Waals surface area contributed by atoms with Crippen molar-refractivity contribution in [1.29, 1.82) is 0 Å². The highest BCUT2D eigenvalue weighted by molar-refractivity contribution is 7.89. The molecule has 0 spiro atoms. The lowest BCUT2D eigenvalue weighted by Gasteiger charge is -2.28. The van der Waals surface area contributed by atoms with E-state index in [1.807, 2.05) is 37.3 Å². The van der Waals surface area contributed by atoms with Crippen LogP contribution in [0.15, 0.2) is 47.4 Å². The Balaban J connectivity index is 1.56. The first-order chi connectivity index (χ1) is 11.0. The molecule has 0 saturated heterocycles. The number of hydrogen-bond acceptors (Lipinski definition) is 2. The molecule has 122 valence electrons. The van der Waals surface area contributed by atoms with Crippen LogP contribution in [-0.2, 0) is 10.0 Å². The van der Waals surface area contributed by atoms with Crippen LogP contribution < -0.4 is 4.72 Å². The van der Waals surface area contributed by atoms with Crippen molar-refractivity contribution in [3.05, 3.63) is 42.5 Å². The Hall–Kier alpha value is -1.39. The Morgan fingerprint density at radius 3 is 2.52 bits per heavy atom. The summed E-state index contributed by atoms with van der Waals surface area (Å²) in [6, 6.07) is 13.2. The van der Waals surface area contributed by atoms with E-state index in [1.165, 1.54) is 25.7 Å². The van der Waals surface area contributed by atoms with Crippen LogP contribution in [0.5, 0.6) is 0 Å². The van der Waals surface area contributed by atoms with Crippen molar-refractivity contribution in [3.8, 4) is 0 Å². The van der Waals surface area contributed by atoms with Gasteiger partial charge < -0.3 is 0 Å². The fourth-order valence-corrected chi connectivity index (χ4v) is 5.97. The summed E-state index contributed by atoms with van der Waals surface area (Å²) in [5.41, 5.74) is 0. The normalized spacial score (nSPS) is 28.3. The highest BCUT2D eigenvalue weighted by atomic mass is 32.2. The van der Waals surface area contributed by atoms with Crippen LogP contribution in [0.2, 0.25) is 0 Å². The van der Waals surface area contributed by atoms with E-state index in [-0.39, 0.29) is 6.04 Å². The van der Waals surface area contributed by atoms with E-state index in [0.717, 1.165) is 16.7 Å². The van der Waals surface area contributed by atoms with Gasteiger partial charge >= 0.3 is 0 Å². The smallest absolute Gasteiger partial charge is 0.208 e. The Bertz CT molecular complexity index is 830. The fourth-order valence-electron chi connectivity index (χ4n) is 4.64. The second kappa shape index (κ2) is 5.60. The van der Waals surface area contributed by atoms with Crippen LogP contribution in [0, 0.1) is 17.8 Å². The summed E-state index contributed by atoms with van der Waals surface area (Å²) in [7, 11) is -3.46. The minimum absolute atomic E-state index is 0.0155. The minimum atomic E-state index is -3.46. The number of nitrogens with one attached hydrogen (secondary N) is 1. The van der Waals surface area contributed by atoms with Gasteiger partial charge in [-0.15, -0.1) is 0 Å². The molecule has 2 saturated carbocycles. The molecule has 0 amide bonds. The molecule has 4 atom stereocenters. The van der Waals surface area contributed by atoms with E-state index in [4.69, 9.17) is 0 Å². The molecule has 3 nitrogen and oxygen atoms in total. The molecule has 4 unspecified atom stereocenters. The van der Waals surface area contributed by atoms with Crippen molar-refractivity contribution in [1.82, 2.24) is 4.72 Å². The summed E-state index contributed by atoms with van der Waals surface area (Å²) >= 11 is 0. The monoisotopic (exact) mass is 329 g/mol. The van der Waals surface area contributed by atoms with Gasteiger partial charge in [-0.2, -0.15) is 0 Å². The van der Waals surface area contributed by atoms with Gasteiger partial charge in [-0.3, -0.25) is 0 Å². The predicted molar refractivity (Wildman–Crippen MR) is 92.7 cm³/mol. The number of benzene rings is 2. The van der Waals surface area contributed by atoms with Crippen LogP contribution in [0.3, 0.4) is 0 Å². The number of hydrogen-bond donors (Lipinski definition) is 1. The minimum Gasteiger partial charge on any atom is -0.208 e. The molecule has 4 heteroatoms. The molecule has 0 aromatic heterocycles. The molecular weight excluding hydrogens is 306 g/mol. The predicted octanol–water partition coefficient (Wildman–Crippen LogP) is 3.94. The van der Waals surface area contributed by atoms with E-state index in [0.29, 0.717) is 16.7 Å². The molecule has 0 aliphatic heterocycles. The molecule has 2 aromatic carbocycles. The maximum atomic E-state index is 12.7. The van der Waals surface area contributed by atoms with Crippen molar-refractivity contribution in [2.24, 2.45) is 17.8 Å². The third kappa shape index (κ3) is 2.79. The van der Waals surface area contributed by atoms with Gasteiger partial charge in [0.15, 0.2) is 0 Å². The van der Waals surface area contributed by atoms with E-state index < -0.39 is 10.0 Å². The van der Waals surface area contributed by atoms with E-state index in [1.54, 1.807) is 12.1 Å². The zero-order chi connectivity index (χ0) is 16.0. The molecule has 4 rings (SSSR count). The Kier molecular flexibility index (Phi) is 3.69. The zero-order valence-electron chi connectivity index (χ0n) is 13.4. The van der Waals surface area contributed by atoms with E-state index in [2.05, 4.69) is 4.72 Å². The van der Waals surface area contributed by atoms with Gasteiger partial charge in [-0.1, -0.05) is 36.8 Å². The van der Waals surface area contributed by atoms with Crippen LogP contribution in [0.1, 0.15) is 32.6 Å². The SMILES string of the molecule is CC(NS(=O)(=O)c1ccc2ccccc2c1)C1CC2CCC1C2. The maximum absolute atomic E-state index is 12.7. The highest BCUT2D eigenvalue weighted by Crippen LogP contribution is 2.49. The largest absolute Gasteiger partial charge is 0.240 e. The summed E-state index contributed by atoms with van der Waals surface area (Å²) in [4.78, 5) is 0.367. The molecule has 2 aliphatic carbocycles. The molecular formula is C19H23NO2S. The average Bonchev–Trinajstić information content (AvgIpc) is 3.17. The molecule has 23 heavy (non-hydrogen) atoms. The Morgan fingerprint density at radius 1 is 1.04 bits per heavy atom. The van der Waals surface area contributed by atoms with Crippen LogP contribution >= 0.6 is 0 Å². The Labute approximate surface area is 138 Å². The fraction of sp³-hybridized carbons (Fsp3) is 0.474. The van der Waals surface area contributed by atoms with Crippen LogP contribution in [0.25, 0.3) is 10.8 Å². The second-order valence-electron chi connectivity index (χ2n) is 7.26. The van der Waals surface area contributed by atoms with Gasteiger partial charge in [-0.05, 0) is 66.8 Å². The summed E-state index contributed by atoms with van der Waals surface area (Å²) in [5, 5.41) is 2.02. The second-order valence-corrected chi connectivity index (χ2v) is 8.97. The van der Waals surface area contributed by atoms with Crippen molar-refractivity contribution >= 4 is 20.8 Å². The van der Waals surface area contributed by atoms with E-state index >= 15 is 0 Å². The maximum Gasteiger partial charge on any atom is 0.240 e. The van der Waals surface area contributed by atoms with Crippen molar-refractivity contribution in [3.63, 3.8) is 0 Å². The molecule has 0 radical (unpaired) electrons. The lowest BCUT2D eigenvalue weighted by molar-refractivity contribution is 0.280. The first-order valence-corrected chi connectivity index (χ1v) is 10.0. The summed E-state index contributed by atoms with van der Waals surface area (Å²) in [6.45, 7) is 2.03. The van der Waals surface area contributed by atoms with Crippen molar-refractivity contribution in [2.45, 2.75) is 43.5 Å². The zero-order valence-corrected chi connectivity index (χ0v) is 14.2. The van der Waals surface area contributed by atoms with Crippen molar-refractivity contribution in [2.75, 3.05) is 0 Å². The highest BCUT2D eigenvalue weighted by Gasteiger charge is 2.42. The summed E-state index contributed by atoms with van der Waals surface area (Å²) < 4.78 is 28.4. The lowest BCUT2D eigenvalue weighted by atomic mass is 9.84. The quantitative estimate of drug-likeness (QED) is 0.923. The molecule has 2 aromatic rings. The molecule has 0 heterocycles. The summed E-state index contributed by atoms with van der Waals surface area (Å²) in [5.74, 6) is 2.05. The van der Waals surface area contributed by atoms with Gasteiger partial charge in [-0.25, -0.2) is 13.1 Å². The first kappa shape index (κ1) is 15.2. The Morgan fingerprint density at radius 2 is 1.83 bits per heavy atom. The van der Waals surface area contributed by atoms with Crippen LogP contribution in [0.4, 0.5) is 0 Å². The third-order valence-electron chi connectivity index (χ3n) is 5.81. The van der Waals surface area contributed by atoms with Gasteiger partial charge in [0.05, 0.1) is 4.90 Å². The number of fused-ring (bicyclic) bond motifs is 3. The lowest BCUT2D eigenvalue weighted by Crippen LogP contribution is -2.40. The molecule has 1 N–H and O–H groups in total. The van der Waals surface area contributed by atoms with Gasteiger partial charge in [0.2, 0.25) is 10.0 Å². The van der Waals surface area contributed by atoms with E-state index in [9.17, 15) is 8.42 Å².